The van der Waals surface area contributed by atoms with Crippen LogP contribution in [-0.2, 0) is 6.42 Å². The summed E-state index contributed by atoms with van der Waals surface area (Å²) < 4.78 is 5.21. The molecule has 1 heterocycles. The Hall–Kier alpha value is -3.05. The molecule has 0 spiro atoms. The van der Waals surface area contributed by atoms with Crippen molar-refractivity contribution in [2.45, 2.75) is 6.42 Å². The van der Waals surface area contributed by atoms with Crippen molar-refractivity contribution in [3.05, 3.63) is 83.1 Å². The molecular formula is C21H20ClN3O2. The third-order valence-electron chi connectivity index (χ3n) is 3.95. The molecule has 3 rings (SSSR count). The van der Waals surface area contributed by atoms with Gasteiger partial charge < -0.3 is 15.4 Å². The molecule has 0 fully saturated rings. The lowest BCUT2D eigenvalue weighted by Gasteiger charge is -2.09. The van der Waals surface area contributed by atoms with Gasteiger partial charge in [0.25, 0.3) is 5.91 Å². The van der Waals surface area contributed by atoms with Crippen molar-refractivity contribution in [2.75, 3.05) is 19.0 Å². The van der Waals surface area contributed by atoms with Crippen LogP contribution in [0, 0.1) is 0 Å². The first-order valence-electron chi connectivity index (χ1n) is 8.53. The summed E-state index contributed by atoms with van der Waals surface area (Å²) >= 11 is 5.99. The number of ether oxygens (including phenoxy) is 1. The topological polar surface area (TPSA) is 63.2 Å². The van der Waals surface area contributed by atoms with Crippen LogP contribution >= 0.6 is 11.6 Å². The maximum Gasteiger partial charge on any atom is 0.252 e. The first-order valence-corrected chi connectivity index (χ1v) is 8.90. The van der Waals surface area contributed by atoms with E-state index in [9.17, 15) is 4.79 Å². The summed E-state index contributed by atoms with van der Waals surface area (Å²) in [5.74, 6) is 0.642. The summed E-state index contributed by atoms with van der Waals surface area (Å²) in [6, 6.07) is 16.9. The third kappa shape index (κ3) is 5.46. The fraction of sp³-hybridized carbons (Fsp3) is 0.143. The Morgan fingerprint density at radius 1 is 1.07 bits per heavy atom. The minimum atomic E-state index is -0.167. The summed E-state index contributed by atoms with van der Waals surface area (Å²) in [6.45, 7) is 0.526. The van der Waals surface area contributed by atoms with Gasteiger partial charge in [-0.15, -0.1) is 0 Å². The minimum Gasteiger partial charge on any atom is -0.497 e. The quantitative estimate of drug-likeness (QED) is 0.634. The smallest absolute Gasteiger partial charge is 0.252 e. The maximum atomic E-state index is 12.4. The van der Waals surface area contributed by atoms with Crippen LogP contribution in [0.3, 0.4) is 0 Å². The predicted octanol–water partition coefficient (Wildman–Crippen LogP) is 4.46. The molecule has 0 aliphatic rings. The molecule has 0 aliphatic heterocycles. The van der Waals surface area contributed by atoms with Gasteiger partial charge in [-0.1, -0.05) is 29.8 Å². The molecule has 5 nitrogen and oxygen atoms in total. The Kier molecular flexibility index (Phi) is 6.28. The first kappa shape index (κ1) is 18.7. The number of methoxy groups -OCH3 is 1. The van der Waals surface area contributed by atoms with Gasteiger partial charge in [-0.3, -0.25) is 9.78 Å². The predicted molar refractivity (Wildman–Crippen MR) is 108 cm³/mol. The number of hydrogen-bond acceptors (Lipinski definition) is 4. The van der Waals surface area contributed by atoms with Gasteiger partial charge in [0.1, 0.15) is 5.75 Å². The Labute approximate surface area is 163 Å². The molecule has 27 heavy (non-hydrogen) atoms. The van der Waals surface area contributed by atoms with E-state index in [1.807, 2.05) is 42.5 Å². The van der Waals surface area contributed by atoms with Crippen molar-refractivity contribution < 1.29 is 9.53 Å². The Morgan fingerprint density at radius 3 is 2.74 bits per heavy atom. The summed E-state index contributed by atoms with van der Waals surface area (Å²) in [6.07, 6.45) is 3.93. The number of carbonyl (C=O) groups is 1. The van der Waals surface area contributed by atoms with Crippen LogP contribution in [0.25, 0.3) is 0 Å². The molecule has 0 bridgehead atoms. The van der Waals surface area contributed by atoms with E-state index in [0.717, 1.165) is 29.1 Å². The van der Waals surface area contributed by atoms with Crippen molar-refractivity contribution in [3.8, 4) is 5.75 Å². The van der Waals surface area contributed by atoms with E-state index in [1.165, 1.54) is 0 Å². The molecule has 0 radical (unpaired) electrons. The Bertz CT molecular complexity index is 931. The second-order valence-electron chi connectivity index (χ2n) is 5.96. The molecular weight excluding hydrogens is 362 g/mol. The second kappa shape index (κ2) is 9.05. The van der Waals surface area contributed by atoms with Gasteiger partial charge in [-0.05, 0) is 48.4 Å². The molecule has 0 saturated carbocycles. The highest BCUT2D eigenvalue weighted by atomic mass is 35.5. The van der Waals surface area contributed by atoms with Gasteiger partial charge in [0.15, 0.2) is 0 Å². The van der Waals surface area contributed by atoms with E-state index in [-0.39, 0.29) is 5.91 Å². The molecule has 6 heteroatoms. The first-order chi connectivity index (χ1) is 13.1. The van der Waals surface area contributed by atoms with Crippen LogP contribution < -0.4 is 15.4 Å². The lowest BCUT2D eigenvalue weighted by Crippen LogP contribution is -2.25. The van der Waals surface area contributed by atoms with Gasteiger partial charge in [-0.25, -0.2) is 0 Å². The van der Waals surface area contributed by atoms with Crippen LogP contribution in [0.5, 0.6) is 5.75 Å². The third-order valence-corrected chi connectivity index (χ3v) is 4.18. The molecule has 3 aromatic rings. The van der Waals surface area contributed by atoms with E-state index in [1.54, 1.807) is 31.6 Å². The Morgan fingerprint density at radius 2 is 1.93 bits per heavy atom. The summed E-state index contributed by atoms with van der Waals surface area (Å²) in [5, 5.41) is 6.75. The average Bonchev–Trinajstić information content (AvgIpc) is 2.68. The Balaban J connectivity index is 1.58. The van der Waals surface area contributed by atoms with Gasteiger partial charge in [0.2, 0.25) is 0 Å². The van der Waals surface area contributed by atoms with Gasteiger partial charge in [0.05, 0.1) is 24.6 Å². The highest BCUT2D eigenvalue weighted by molar-refractivity contribution is 6.30. The lowest BCUT2D eigenvalue weighted by molar-refractivity contribution is 0.0954. The number of anilines is 2. The molecule has 1 amide bonds. The number of nitrogens with zero attached hydrogens (tertiary/aromatic N) is 1. The fourth-order valence-corrected chi connectivity index (χ4v) is 2.81. The number of pyridine rings is 1. The van der Waals surface area contributed by atoms with Crippen molar-refractivity contribution >= 4 is 28.9 Å². The zero-order valence-corrected chi connectivity index (χ0v) is 15.7. The standard InChI is InChI=1S/C21H20ClN3O2/c1-27-20-7-2-4-15(10-20)8-9-24-21(26)16-11-19(14-23-13-16)25-18-6-3-5-17(22)12-18/h2-7,10-14,25H,8-9H2,1H3,(H,24,26). The summed E-state index contributed by atoms with van der Waals surface area (Å²) in [4.78, 5) is 16.5. The minimum absolute atomic E-state index is 0.167. The SMILES string of the molecule is COc1cccc(CCNC(=O)c2cncc(Nc3cccc(Cl)c3)c2)c1. The molecule has 1 aromatic heterocycles. The highest BCUT2D eigenvalue weighted by Gasteiger charge is 2.07. The van der Waals surface area contributed by atoms with E-state index in [0.29, 0.717) is 17.1 Å². The number of amides is 1. The number of halogens is 1. The number of carbonyl (C=O) groups excluding carboxylic acids is 1. The van der Waals surface area contributed by atoms with E-state index in [2.05, 4.69) is 15.6 Å². The second-order valence-corrected chi connectivity index (χ2v) is 6.39. The molecule has 0 saturated heterocycles. The van der Waals surface area contributed by atoms with Crippen molar-refractivity contribution in [1.82, 2.24) is 10.3 Å². The van der Waals surface area contributed by atoms with E-state index in [4.69, 9.17) is 16.3 Å². The zero-order valence-electron chi connectivity index (χ0n) is 14.9. The fourth-order valence-electron chi connectivity index (χ4n) is 2.62. The van der Waals surface area contributed by atoms with E-state index >= 15 is 0 Å². The molecule has 138 valence electrons. The van der Waals surface area contributed by atoms with Crippen molar-refractivity contribution in [1.29, 1.82) is 0 Å². The monoisotopic (exact) mass is 381 g/mol. The van der Waals surface area contributed by atoms with Gasteiger partial charge in [0, 0.05) is 23.5 Å². The maximum absolute atomic E-state index is 12.4. The summed E-state index contributed by atoms with van der Waals surface area (Å²) in [5.41, 5.74) is 3.15. The zero-order chi connectivity index (χ0) is 19.1. The van der Waals surface area contributed by atoms with E-state index < -0.39 is 0 Å². The van der Waals surface area contributed by atoms with Crippen LogP contribution in [0.1, 0.15) is 15.9 Å². The lowest BCUT2D eigenvalue weighted by atomic mass is 10.1. The highest BCUT2D eigenvalue weighted by Crippen LogP contribution is 2.20. The van der Waals surface area contributed by atoms with Crippen molar-refractivity contribution in [2.24, 2.45) is 0 Å². The number of nitrogens with one attached hydrogen (secondary N) is 2. The molecule has 0 aliphatic carbocycles. The average molecular weight is 382 g/mol. The largest absolute Gasteiger partial charge is 0.497 e. The number of benzene rings is 2. The van der Waals surface area contributed by atoms with Gasteiger partial charge >= 0.3 is 0 Å². The normalized spacial score (nSPS) is 10.3. The van der Waals surface area contributed by atoms with Crippen LogP contribution in [0.2, 0.25) is 5.02 Å². The van der Waals surface area contributed by atoms with Crippen LogP contribution in [-0.4, -0.2) is 24.5 Å². The number of rotatable bonds is 7. The van der Waals surface area contributed by atoms with Crippen LogP contribution in [0.4, 0.5) is 11.4 Å². The number of aromatic nitrogens is 1. The molecule has 0 unspecified atom stereocenters. The molecule has 2 N–H and O–H groups in total. The van der Waals surface area contributed by atoms with Crippen molar-refractivity contribution in [3.63, 3.8) is 0 Å². The van der Waals surface area contributed by atoms with Gasteiger partial charge in [-0.2, -0.15) is 0 Å². The molecule has 2 aromatic carbocycles. The summed E-state index contributed by atoms with van der Waals surface area (Å²) in [7, 11) is 1.64. The van der Waals surface area contributed by atoms with Crippen LogP contribution in [0.15, 0.2) is 67.0 Å². The number of hydrogen-bond donors (Lipinski definition) is 2. The molecule has 0 atom stereocenters.